The zero-order valence-electron chi connectivity index (χ0n) is 11.2. The molecule has 0 amide bonds. The average Bonchev–Trinajstić information content (AvgIpc) is 2.71. The van der Waals surface area contributed by atoms with Crippen molar-refractivity contribution in [3.8, 4) is 0 Å². The highest BCUT2D eigenvalue weighted by Gasteiger charge is 2.26. The first kappa shape index (κ1) is 12.6. The van der Waals surface area contributed by atoms with Crippen LogP contribution in [0.25, 0.3) is 12.2 Å². The van der Waals surface area contributed by atoms with Gasteiger partial charge in [0.25, 0.3) is 0 Å². The molecule has 2 rings (SSSR count). The van der Waals surface area contributed by atoms with E-state index in [2.05, 4.69) is 43.6 Å². The molecule has 1 aromatic rings. The first-order valence-corrected chi connectivity index (χ1v) is 6.14. The van der Waals surface area contributed by atoms with E-state index in [1.165, 1.54) is 0 Å². The van der Waals surface area contributed by atoms with Crippen LogP contribution < -0.4 is 0 Å². The minimum Gasteiger partial charge on any atom is -0.475 e. The van der Waals surface area contributed by atoms with Gasteiger partial charge in [-0.2, -0.15) is 0 Å². The molecule has 0 saturated heterocycles. The second-order valence-electron chi connectivity index (χ2n) is 5.22. The Morgan fingerprint density at radius 3 is 2.39 bits per heavy atom. The van der Waals surface area contributed by atoms with Crippen LogP contribution in [0.3, 0.4) is 0 Å². The number of aliphatic imine (C=N–C) groups is 1. The van der Waals surface area contributed by atoms with E-state index in [-0.39, 0.29) is 5.54 Å². The van der Waals surface area contributed by atoms with Gasteiger partial charge in [-0.1, -0.05) is 36.9 Å². The van der Waals surface area contributed by atoms with E-state index < -0.39 is 0 Å². The smallest absolute Gasteiger partial charge is 0.212 e. The molecule has 0 bridgehead atoms. The van der Waals surface area contributed by atoms with Crippen LogP contribution in [0.15, 0.2) is 41.4 Å². The first-order valence-electron chi connectivity index (χ1n) is 6.14. The van der Waals surface area contributed by atoms with Gasteiger partial charge in [0.1, 0.15) is 6.61 Å². The molecular formula is C16H19NO. The van der Waals surface area contributed by atoms with E-state index in [0.29, 0.717) is 6.61 Å². The highest BCUT2D eigenvalue weighted by atomic mass is 16.5. The largest absolute Gasteiger partial charge is 0.475 e. The second-order valence-corrected chi connectivity index (χ2v) is 5.22. The molecule has 0 aliphatic carbocycles. The van der Waals surface area contributed by atoms with E-state index in [4.69, 9.17) is 4.74 Å². The minimum absolute atomic E-state index is 0.100. The van der Waals surface area contributed by atoms with Crippen molar-refractivity contribution in [2.24, 2.45) is 4.99 Å². The monoisotopic (exact) mass is 241 g/mol. The van der Waals surface area contributed by atoms with E-state index in [9.17, 15) is 0 Å². The molecule has 0 radical (unpaired) electrons. The fraction of sp³-hybridized carbons (Fsp3) is 0.312. The van der Waals surface area contributed by atoms with Crippen molar-refractivity contribution < 1.29 is 4.74 Å². The maximum atomic E-state index is 5.61. The van der Waals surface area contributed by atoms with Crippen LogP contribution in [0, 0.1) is 0 Å². The Kier molecular flexibility index (Phi) is 3.37. The number of ether oxygens (including phenoxy) is 1. The van der Waals surface area contributed by atoms with Gasteiger partial charge in [-0.05, 0) is 38.0 Å². The molecule has 0 saturated carbocycles. The number of hydrogen-bond acceptors (Lipinski definition) is 2. The topological polar surface area (TPSA) is 21.6 Å². The highest BCUT2D eigenvalue weighted by Crippen LogP contribution is 2.21. The molecule has 0 N–H and O–H groups in total. The Morgan fingerprint density at radius 1 is 1.28 bits per heavy atom. The standard InChI is InChI=1S/C16H19NO/c1-5-13-6-8-14(9-7-13)10-12(2)15-17-16(3,4)11-18-15/h5-10H,1,11H2,2-4H3/b12-10+. The molecule has 1 aliphatic rings. The normalized spacial score (nSPS) is 18.2. The van der Waals surface area contributed by atoms with Crippen LogP contribution in [0.1, 0.15) is 31.9 Å². The van der Waals surface area contributed by atoms with Gasteiger partial charge in [0.15, 0.2) is 0 Å². The summed E-state index contributed by atoms with van der Waals surface area (Å²) in [6.07, 6.45) is 3.93. The lowest BCUT2D eigenvalue weighted by Crippen LogP contribution is -2.17. The van der Waals surface area contributed by atoms with Crippen molar-refractivity contribution in [3.63, 3.8) is 0 Å². The zero-order chi connectivity index (χ0) is 13.2. The van der Waals surface area contributed by atoms with Crippen molar-refractivity contribution in [2.45, 2.75) is 26.3 Å². The van der Waals surface area contributed by atoms with Crippen LogP contribution in [-0.2, 0) is 4.74 Å². The predicted molar refractivity (Wildman–Crippen MR) is 77.7 cm³/mol. The van der Waals surface area contributed by atoms with Gasteiger partial charge >= 0.3 is 0 Å². The van der Waals surface area contributed by atoms with Crippen molar-refractivity contribution in [3.05, 3.63) is 47.5 Å². The summed E-state index contributed by atoms with van der Waals surface area (Å²) in [6, 6.07) is 8.24. The van der Waals surface area contributed by atoms with E-state index >= 15 is 0 Å². The molecular weight excluding hydrogens is 222 g/mol. The fourth-order valence-electron chi connectivity index (χ4n) is 1.83. The SMILES string of the molecule is C=Cc1ccc(/C=C(\C)C2=NC(C)(C)CO2)cc1. The molecule has 1 heterocycles. The van der Waals surface area contributed by atoms with Gasteiger partial charge in [0, 0.05) is 5.57 Å². The molecule has 1 aliphatic heterocycles. The third-order valence-corrected chi connectivity index (χ3v) is 2.86. The van der Waals surface area contributed by atoms with Crippen LogP contribution in [0.4, 0.5) is 0 Å². The van der Waals surface area contributed by atoms with Gasteiger partial charge in [-0.25, -0.2) is 4.99 Å². The predicted octanol–water partition coefficient (Wildman–Crippen LogP) is 3.94. The molecule has 18 heavy (non-hydrogen) atoms. The maximum Gasteiger partial charge on any atom is 0.212 e. The molecule has 0 atom stereocenters. The summed E-state index contributed by atoms with van der Waals surface area (Å²) < 4.78 is 5.61. The maximum absolute atomic E-state index is 5.61. The average molecular weight is 241 g/mol. The van der Waals surface area contributed by atoms with Crippen molar-refractivity contribution >= 4 is 18.0 Å². The van der Waals surface area contributed by atoms with E-state index in [1.54, 1.807) is 0 Å². The lowest BCUT2D eigenvalue weighted by Gasteiger charge is -2.07. The molecule has 1 aromatic carbocycles. The van der Waals surface area contributed by atoms with Crippen LogP contribution in [-0.4, -0.2) is 18.0 Å². The van der Waals surface area contributed by atoms with Crippen molar-refractivity contribution in [1.29, 1.82) is 0 Å². The molecule has 0 aromatic heterocycles. The summed E-state index contributed by atoms with van der Waals surface area (Å²) in [5.41, 5.74) is 3.23. The van der Waals surface area contributed by atoms with Gasteiger partial charge in [-0.15, -0.1) is 0 Å². The molecule has 0 fully saturated rings. The summed E-state index contributed by atoms with van der Waals surface area (Å²) in [4.78, 5) is 4.56. The van der Waals surface area contributed by atoms with E-state index in [0.717, 1.165) is 22.6 Å². The molecule has 0 spiro atoms. The second kappa shape index (κ2) is 4.81. The van der Waals surface area contributed by atoms with Gasteiger partial charge in [-0.3, -0.25) is 0 Å². The van der Waals surface area contributed by atoms with Crippen molar-refractivity contribution in [2.75, 3.05) is 6.61 Å². The van der Waals surface area contributed by atoms with E-state index in [1.807, 2.05) is 25.1 Å². The Balaban J connectivity index is 2.20. The lowest BCUT2D eigenvalue weighted by atomic mass is 10.1. The summed E-state index contributed by atoms with van der Waals surface area (Å²) in [5, 5.41) is 0. The summed E-state index contributed by atoms with van der Waals surface area (Å²) >= 11 is 0. The van der Waals surface area contributed by atoms with Crippen LogP contribution in [0.2, 0.25) is 0 Å². The molecule has 94 valence electrons. The fourth-order valence-corrected chi connectivity index (χ4v) is 1.83. The van der Waals surface area contributed by atoms with Crippen LogP contribution in [0.5, 0.6) is 0 Å². The number of hydrogen-bond donors (Lipinski definition) is 0. The van der Waals surface area contributed by atoms with Gasteiger partial charge in [0.05, 0.1) is 5.54 Å². The summed E-state index contributed by atoms with van der Waals surface area (Å²) in [5.74, 6) is 0.757. The zero-order valence-corrected chi connectivity index (χ0v) is 11.2. The number of rotatable bonds is 3. The van der Waals surface area contributed by atoms with Gasteiger partial charge in [0.2, 0.25) is 5.90 Å². The minimum atomic E-state index is -0.100. The van der Waals surface area contributed by atoms with Gasteiger partial charge < -0.3 is 4.74 Å². The summed E-state index contributed by atoms with van der Waals surface area (Å²) in [7, 11) is 0. The quantitative estimate of drug-likeness (QED) is 0.785. The molecule has 2 heteroatoms. The Labute approximate surface area is 109 Å². The summed E-state index contributed by atoms with van der Waals surface area (Å²) in [6.45, 7) is 10.6. The molecule has 0 unspecified atom stereocenters. The Morgan fingerprint density at radius 2 is 1.89 bits per heavy atom. The van der Waals surface area contributed by atoms with Crippen LogP contribution >= 0.6 is 0 Å². The van der Waals surface area contributed by atoms with Crippen molar-refractivity contribution in [1.82, 2.24) is 0 Å². The third kappa shape index (κ3) is 2.89. The first-order chi connectivity index (χ1) is 8.50. The number of benzene rings is 1. The Hall–Kier alpha value is -1.83. The highest BCUT2D eigenvalue weighted by molar-refractivity contribution is 5.98. The molecule has 2 nitrogen and oxygen atoms in total. The Bertz CT molecular complexity index is 506. The number of nitrogens with zero attached hydrogens (tertiary/aromatic N) is 1. The third-order valence-electron chi connectivity index (χ3n) is 2.86. The lowest BCUT2D eigenvalue weighted by molar-refractivity contribution is 0.279.